The van der Waals surface area contributed by atoms with Crippen LogP contribution < -0.4 is 10.5 Å². The van der Waals surface area contributed by atoms with Crippen LogP contribution in [-0.2, 0) is 6.42 Å². The molecule has 0 spiro atoms. The number of hydrogen-bond acceptors (Lipinski definition) is 5. The Bertz CT molecular complexity index is 438. The Kier molecular flexibility index (Phi) is 2.28. The Balaban J connectivity index is 2.52. The van der Waals surface area contributed by atoms with E-state index in [-0.39, 0.29) is 0 Å². The molecule has 2 rings (SSSR count). The monoisotopic (exact) mass is 193 g/mol. The predicted octanol–water partition coefficient (Wildman–Crippen LogP) is -0.366. The second-order valence-electron chi connectivity index (χ2n) is 2.82. The summed E-state index contributed by atoms with van der Waals surface area (Å²) in [5.41, 5.74) is 5.45. The van der Waals surface area contributed by atoms with Crippen molar-refractivity contribution in [2.24, 2.45) is 5.73 Å². The van der Waals surface area contributed by atoms with Crippen LogP contribution in [0.1, 0.15) is 5.82 Å². The molecular weight excluding hydrogens is 182 g/mol. The van der Waals surface area contributed by atoms with Crippen molar-refractivity contribution in [1.29, 1.82) is 0 Å². The number of rotatable bonds is 3. The van der Waals surface area contributed by atoms with E-state index in [1.54, 1.807) is 23.9 Å². The Hall–Kier alpha value is -1.69. The van der Waals surface area contributed by atoms with Crippen LogP contribution in [0.4, 0.5) is 0 Å². The molecule has 2 N–H and O–H groups in total. The second-order valence-corrected chi connectivity index (χ2v) is 2.82. The van der Waals surface area contributed by atoms with E-state index in [1.807, 2.05) is 0 Å². The summed E-state index contributed by atoms with van der Waals surface area (Å²) in [7, 11) is 1.59. The first-order valence-corrected chi connectivity index (χ1v) is 4.29. The molecule has 0 amide bonds. The highest BCUT2D eigenvalue weighted by molar-refractivity contribution is 5.31. The van der Waals surface area contributed by atoms with Gasteiger partial charge in [0, 0.05) is 6.42 Å². The third-order valence-electron chi connectivity index (χ3n) is 1.92. The Morgan fingerprint density at radius 2 is 2.36 bits per heavy atom. The molecule has 0 radical (unpaired) electrons. The minimum absolute atomic E-state index is 0.540. The molecule has 2 heterocycles. The fraction of sp³-hybridized carbons (Fsp3) is 0.375. The summed E-state index contributed by atoms with van der Waals surface area (Å²) >= 11 is 0. The number of fused-ring (bicyclic) bond motifs is 1. The second kappa shape index (κ2) is 3.59. The maximum Gasteiger partial charge on any atom is 0.255 e. The lowest BCUT2D eigenvalue weighted by Crippen LogP contribution is -2.06. The highest BCUT2D eigenvalue weighted by Crippen LogP contribution is 2.09. The van der Waals surface area contributed by atoms with Crippen LogP contribution in [0, 0.1) is 0 Å². The Morgan fingerprint density at radius 3 is 3.07 bits per heavy atom. The molecule has 0 aliphatic rings. The molecule has 0 aliphatic carbocycles. The summed E-state index contributed by atoms with van der Waals surface area (Å²) in [6.07, 6.45) is 4.08. The van der Waals surface area contributed by atoms with Gasteiger partial charge in [-0.05, 0) is 6.54 Å². The van der Waals surface area contributed by atoms with Gasteiger partial charge in [0.05, 0.1) is 19.5 Å². The van der Waals surface area contributed by atoms with Crippen LogP contribution in [0.25, 0.3) is 5.78 Å². The molecule has 0 bridgehead atoms. The maximum atomic E-state index is 5.45. The molecule has 0 saturated carbocycles. The van der Waals surface area contributed by atoms with Gasteiger partial charge in [0.2, 0.25) is 0 Å². The SMILES string of the molecule is COc1cnc2nnc(CCN)n2c1. The van der Waals surface area contributed by atoms with Crippen LogP contribution in [0.15, 0.2) is 12.4 Å². The summed E-state index contributed by atoms with van der Waals surface area (Å²) in [6.45, 7) is 0.540. The van der Waals surface area contributed by atoms with Gasteiger partial charge in [-0.25, -0.2) is 4.98 Å². The average Bonchev–Trinajstić information content (AvgIpc) is 2.61. The van der Waals surface area contributed by atoms with E-state index in [0.717, 1.165) is 5.82 Å². The predicted molar refractivity (Wildman–Crippen MR) is 50.1 cm³/mol. The van der Waals surface area contributed by atoms with Crippen LogP contribution in [-0.4, -0.2) is 33.2 Å². The van der Waals surface area contributed by atoms with E-state index in [2.05, 4.69) is 15.2 Å². The van der Waals surface area contributed by atoms with Gasteiger partial charge in [0.15, 0.2) is 5.75 Å². The Labute approximate surface area is 80.7 Å². The van der Waals surface area contributed by atoms with Crippen molar-refractivity contribution in [3.05, 3.63) is 18.2 Å². The van der Waals surface area contributed by atoms with E-state index < -0.39 is 0 Å². The lowest BCUT2D eigenvalue weighted by atomic mass is 10.4. The molecule has 0 saturated heterocycles. The zero-order valence-electron chi connectivity index (χ0n) is 7.84. The van der Waals surface area contributed by atoms with Crippen molar-refractivity contribution < 1.29 is 4.74 Å². The average molecular weight is 193 g/mol. The number of aromatic nitrogens is 4. The van der Waals surface area contributed by atoms with Crippen LogP contribution in [0.3, 0.4) is 0 Å². The molecule has 6 heteroatoms. The number of ether oxygens (including phenoxy) is 1. The normalized spacial score (nSPS) is 10.7. The van der Waals surface area contributed by atoms with E-state index in [4.69, 9.17) is 10.5 Å². The van der Waals surface area contributed by atoms with Crippen molar-refractivity contribution >= 4 is 5.78 Å². The zero-order chi connectivity index (χ0) is 9.97. The molecule has 14 heavy (non-hydrogen) atoms. The lowest BCUT2D eigenvalue weighted by Gasteiger charge is -2.00. The highest BCUT2D eigenvalue weighted by Gasteiger charge is 2.05. The van der Waals surface area contributed by atoms with Gasteiger partial charge in [0.25, 0.3) is 5.78 Å². The molecule has 0 fully saturated rings. The standard InChI is InChI=1S/C8H11N5O/c1-14-6-4-10-8-12-11-7(2-3-9)13(8)5-6/h4-5H,2-3,9H2,1H3. The molecule has 0 aliphatic heterocycles. The van der Waals surface area contributed by atoms with Gasteiger partial charge in [-0.2, -0.15) is 0 Å². The van der Waals surface area contributed by atoms with Crippen molar-refractivity contribution in [2.75, 3.05) is 13.7 Å². The quantitative estimate of drug-likeness (QED) is 0.719. The van der Waals surface area contributed by atoms with Gasteiger partial charge < -0.3 is 10.5 Å². The molecule has 0 atom stereocenters. The molecule has 2 aromatic rings. The Morgan fingerprint density at radius 1 is 1.50 bits per heavy atom. The van der Waals surface area contributed by atoms with E-state index in [9.17, 15) is 0 Å². The summed E-state index contributed by atoms with van der Waals surface area (Å²) in [6, 6.07) is 0. The van der Waals surface area contributed by atoms with E-state index in [0.29, 0.717) is 24.5 Å². The first-order valence-electron chi connectivity index (χ1n) is 4.29. The van der Waals surface area contributed by atoms with Crippen LogP contribution in [0.5, 0.6) is 5.75 Å². The van der Waals surface area contributed by atoms with Crippen molar-refractivity contribution in [3.8, 4) is 5.75 Å². The van der Waals surface area contributed by atoms with Crippen LogP contribution >= 0.6 is 0 Å². The minimum atomic E-state index is 0.540. The lowest BCUT2D eigenvalue weighted by molar-refractivity contribution is 0.410. The molecular formula is C8H11N5O. The summed E-state index contributed by atoms with van der Waals surface area (Å²) in [5, 5.41) is 7.88. The third-order valence-corrected chi connectivity index (χ3v) is 1.92. The van der Waals surface area contributed by atoms with Gasteiger partial charge in [-0.3, -0.25) is 4.40 Å². The first-order chi connectivity index (χ1) is 6.85. The van der Waals surface area contributed by atoms with Crippen molar-refractivity contribution in [2.45, 2.75) is 6.42 Å². The largest absolute Gasteiger partial charge is 0.494 e. The topological polar surface area (TPSA) is 78.3 Å². The maximum absolute atomic E-state index is 5.45. The number of hydrogen-bond donors (Lipinski definition) is 1. The van der Waals surface area contributed by atoms with Gasteiger partial charge in [-0.1, -0.05) is 0 Å². The molecule has 0 aromatic carbocycles. The van der Waals surface area contributed by atoms with Gasteiger partial charge >= 0.3 is 0 Å². The molecule has 2 aromatic heterocycles. The fourth-order valence-corrected chi connectivity index (χ4v) is 1.22. The summed E-state index contributed by atoms with van der Waals surface area (Å²) in [4.78, 5) is 4.08. The van der Waals surface area contributed by atoms with E-state index >= 15 is 0 Å². The van der Waals surface area contributed by atoms with E-state index in [1.165, 1.54) is 0 Å². The molecule has 6 nitrogen and oxygen atoms in total. The third kappa shape index (κ3) is 1.39. The number of methoxy groups -OCH3 is 1. The summed E-state index contributed by atoms with van der Waals surface area (Å²) < 4.78 is 6.84. The van der Waals surface area contributed by atoms with Crippen molar-refractivity contribution in [1.82, 2.24) is 19.6 Å². The van der Waals surface area contributed by atoms with Crippen LogP contribution in [0.2, 0.25) is 0 Å². The number of nitrogens with zero attached hydrogens (tertiary/aromatic N) is 4. The molecule has 0 unspecified atom stereocenters. The minimum Gasteiger partial charge on any atom is -0.494 e. The highest BCUT2D eigenvalue weighted by atomic mass is 16.5. The number of nitrogens with two attached hydrogens (primary N) is 1. The van der Waals surface area contributed by atoms with Gasteiger partial charge in [-0.15, -0.1) is 10.2 Å². The zero-order valence-corrected chi connectivity index (χ0v) is 7.84. The molecule has 74 valence electrons. The first kappa shape index (κ1) is 8.89. The smallest absolute Gasteiger partial charge is 0.255 e. The van der Waals surface area contributed by atoms with Gasteiger partial charge in [0.1, 0.15) is 5.82 Å². The summed E-state index contributed by atoms with van der Waals surface area (Å²) in [5.74, 6) is 2.04. The van der Waals surface area contributed by atoms with Crippen molar-refractivity contribution in [3.63, 3.8) is 0 Å². The fourth-order valence-electron chi connectivity index (χ4n) is 1.22.